The van der Waals surface area contributed by atoms with Gasteiger partial charge in [0.2, 0.25) is 14.8 Å². The number of aryl methyl sites for hydroxylation is 1. The van der Waals surface area contributed by atoms with Gasteiger partial charge in [0, 0.05) is 41.1 Å². The summed E-state index contributed by atoms with van der Waals surface area (Å²) in [5, 5.41) is 18.8. The zero-order valence-corrected chi connectivity index (χ0v) is 30.0. The average molecular weight is 704 g/mol. The highest BCUT2D eigenvalue weighted by molar-refractivity contribution is 6.72. The third-order valence-electron chi connectivity index (χ3n) is 10.5. The number of carbonyl (C=O) groups is 2. The minimum absolute atomic E-state index is 0.106. The van der Waals surface area contributed by atoms with Crippen molar-refractivity contribution >= 4 is 37.8 Å². The summed E-state index contributed by atoms with van der Waals surface area (Å²) in [6.07, 6.45) is 2.53. The van der Waals surface area contributed by atoms with Gasteiger partial charge in [0.15, 0.2) is 5.60 Å². The highest BCUT2D eigenvalue weighted by atomic mass is 28.4. The van der Waals surface area contributed by atoms with Gasteiger partial charge in [-0.15, -0.1) is 5.10 Å². The van der Waals surface area contributed by atoms with Crippen molar-refractivity contribution in [3.63, 3.8) is 0 Å². The van der Waals surface area contributed by atoms with Crippen LogP contribution in [0.1, 0.15) is 41.6 Å². The Bertz CT molecular complexity index is 1990. The van der Waals surface area contributed by atoms with E-state index in [0.29, 0.717) is 30.9 Å². The van der Waals surface area contributed by atoms with E-state index in [1.165, 1.54) is 0 Å². The van der Waals surface area contributed by atoms with Crippen molar-refractivity contribution in [3.05, 3.63) is 138 Å². The van der Waals surface area contributed by atoms with Crippen LogP contribution >= 0.6 is 0 Å². The largest absolute Gasteiger partial charge is 0.395 e. The molecule has 1 unspecified atom stereocenters. The maximum Gasteiger partial charge on any atom is 0.264 e. The molecule has 2 aliphatic heterocycles. The van der Waals surface area contributed by atoms with Crippen LogP contribution in [0, 0.1) is 5.92 Å². The van der Waals surface area contributed by atoms with E-state index in [4.69, 9.17) is 4.74 Å². The second kappa shape index (κ2) is 14.0. The minimum Gasteiger partial charge on any atom is -0.395 e. The van der Waals surface area contributed by atoms with E-state index in [9.17, 15) is 14.7 Å². The number of rotatable bonds is 12. The first-order chi connectivity index (χ1) is 24.7. The Balaban J connectivity index is 1.13. The van der Waals surface area contributed by atoms with E-state index in [1.807, 2.05) is 122 Å². The molecule has 0 aliphatic carbocycles. The van der Waals surface area contributed by atoms with Gasteiger partial charge in [-0.3, -0.25) is 19.2 Å². The van der Waals surface area contributed by atoms with Crippen LogP contribution in [0.5, 0.6) is 0 Å². The number of aromatic nitrogens is 3. The summed E-state index contributed by atoms with van der Waals surface area (Å²) in [4.78, 5) is 30.0. The molecule has 3 heterocycles. The van der Waals surface area contributed by atoms with Crippen LogP contribution in [0.25, 0.3) is 0 Å². The molecule has 1 aromatic heterocycles. The van der Waals surface area contributed by atoms with Crippen LogP contribution < -0.4 is 9.80 Å². The lowest BCUT2D eigenvalue weighted by molar-refractivity contribution is -0.146. The number of anilines is 3. The van der Waals surface area contributed by atoms with E-state index < -0.39 is 31.6 Å². The lowest BCUT2D eigenvalue weighted by atomic mass is 9.82. The summed E-state index contributed by atoms with van der Waals surface area (Å²) in [5.74, 6) is -0.912. The molecule has 2 amide bonds. The van der Waals surface area contributed by atoms with Crippen LogP contribution in [-0.4, -0.2) is 53.5 Å². The number of ether oxygens (including phenoxy) is 1. The van der Waals surface area contributed by atoms with E-state index in [2.05, 4.69) is 10.3 Å². The van der Waals surface area contributed by atoms with Crippen LogP contribution in [0.3, 0.4) is 0 Å². The van der Waals surface area contributed by atoms with Gasteiger partial charge < -0.3 is 18.9 Å². The van der Waals surface area contributed by atoms with Crippen molar-refractivity contribution in [1.29, 1.82) is 0 Å². The third-order valence-corrected chi connectivity index (χ3v) is 13.0. The SMILES string of the molecule is C[C@H]1[C@H]([Si](C)(C)F)[C@@H](CCn2cc(C(CO)c3ccccc3)nn2)O[C@]12C(=O)N(Cc1ccc(N(C=O)c3ccccc3)cc1)c1ccccc12. The molecule has 262 valence electrons. The first kappa shape index (κ1) is 34.5. The molecule has 4 aromatic carbocycles. The molecule has 51 heavy (non-hydrogen) atoms. The molecule has 1 saturated heterocycles. The Kier molecular flexibility index (Phi) is 9.45. The van der Waals surface area contributed by atoms with Gasteiger partial charge in [-0.05, 0) is 61.0 Å². The molecule has 5 aromatic rings. The molecule has 1 N–H and O–H groups in total. The Labute approximate surface area is 298 Å². The minimum atomic E-state index is -3.35. The smallest absolute Gasteiger partial charge is 0.264 e. The zero-order valence-electron chi connectivity index (χ0n) is 29.0. The second-order valence-electron chi connectivity index (χ2n) is 14.0. The van der Waals surface area contributed by atoms with E-state index in [0.717, 1.165) is 34.5 Å². The lowest BCUT2D eigenvalue weighted by Crippen LogP contribution is -2.45. The van der Waals surface area contributed by atoms with Gasteiger partial charge in [-0.2, -0.15) is 0 Å². The topological polar surface area (TPSA) is 101 Å². The standard InChI is InChI=1S/C40H42FN5O4Si/c1-28-38(51(2,3)41)37(22-23-44-25-35(42-43-44)33(26-47)30-12-6-4-7-13-30)50-40(28)34-16-10-11-17-36(34)45(39(40)49)24-29-18-20-32(21-19-29)46(27-48)31-14-8-5-9-15-31/h4-21,25,27-28,33,37-38,47H,22-24,26H2,1-3H3/t28-,33?,37+,38-,40+/m0/s1. The van der Waals surface area contributed by atoms with Crippen molar-refractivity contribution in [1.82, 2.24) is 15.0 Å². The lowest BCUT2D eigenvalue weighted by Gasteiger charge is -2.31. The first-order valence-electron chi connectivity index (χ1n) is 17.4. The number of para-hydroxylation sites is 2. The molecule has 1 fully saturated rings. The second-order valence-corrected chi connectivity index (χ2v) is 17.8. The molecule has 9 nitrogen and oxygen atoms in total. The van der Waals surface area contributed by atoms with Gasteiger partial charge in [0.1, 0.15) is 0 Å². The number of aliphatic hydroxyl groups excluding tert-OH is 1. The summed E-state index contributed by atoms with van der Waals surface area (Å²) in [5.41, 5.74) is 3.70. The van der Waals surface area contributed by atoms with Crippen molar-refractivity contribution in [2.45, 2.75) is 62.7 Å². The van der Waals surface area contributed by atoms with E-state index in [1.54, 1.807) is 27.6 Å². The molecule has 5 atom stereocenters. The fraction of sp³-hybridized carbons (Fsp3) is 0.300. The Hall–Kier alpha value is -4.97. The number of halogens is 1. The van der Waals surface area contributed by atoms with E-state index >= 15 is 4.11 Å². The van der Waals surface area contributed by atoms with Crippen molar-refractivity contribution < 1.29 is 23.5 Å². The van der Waals surface area contributed by atoms with Crippen LogP contribution in [0.15, 0.2) is 115 Å². The first-order valence-corrected chi connectivity index (χ1v) is 20.3. The van der Waals surface area contributed by atoms with Gasteiger partial charge in [-0.25, -0.2) is 0 Å². The predicted molar refractivity (Wildman–Crippen MR) is 197 cm³/mol. The average Bonchev–Trinajstić information content (AvgIpc) is 3.80. The molecule has 0 saturated carbocycles. The van der Waals surface area contributed by atoms with Gasteiger partial charge in [0.25, 0.3) is 5.91 Å². The maximum absolute atomic E-state index is 16.3. The Morgan fingerprint density at radius 3 is 2.27 bits per heavy atom. The normalized spacial score (nSPS) is 21.9. The van der Waals surface area contributed by atoms with Crippen LogP contribution in [-0.2, 0) is 33.0 Å². The summed E-state index contributed by atoms with van der Waals surface area (Å²) in [6, 6.07) is 34.3. The Morgan fingerprint density at radius 2 is 1.61 bits per heavy atom. The molecular formula is C40H42FN5O4Si. The van der Waals surface area contributed by atoms with Crippen molar-refractivity contribution in [2.24, 2.45) is 5.92 Å². The summed E-state index contributed by atoms with van der Waals surface area (Å²) in [7, 11) is -3.35. The highest BCUT2D eigenvalue weighted by Gasteiger charge is 2.66. The number of fused-ring (bicyclic) bond motifs is 2. The number of benzene rings is 4. The number of hydrogen-bond acceptors (Lipinski definition) is 6. The monoisotopic (exact) mass is 703 g/mol. The highest BCUT2D eigenvalue weighted by Crippen LogP contribution is 2.60. The van der Waals surface area contributed by atoms with Crippen LogP contribution in [0.4, 0.5) is 21.2 Å². The predicted octanol–water partition coefficient (Wildman–Crippen LogP) is 7.11. The quantitative estimate of drug-likeness (QED) is 0.0845. The van der Waals surface area contributed by atoms with E-state index in [-0.39, 0.29) is 18.4 Å². The van der Waals surface area contributed by atoms with Gasteiger partial charge >= 0.3 is 0 Å². The number of amides is 2. The fourth-order valence-corrected chi connectivity index (χ4v) is 10.7. The third kappa shape index (κ3) is 6.30. The Morgan fingerprint density at radius 1 is 0.961 bits per heavy atom. The van der Waals surface area contributed by atoms with Gasteiger partial charge in [0.05, 0.1) is 36.6 Å². The summed E-state index contributed by atoms with van der Waals surface area (Å²) >= 11 is 0. The molecule has 7 rings (SSSR count). The molecule has 2 aliphatic rings. The zero-order chi connectivity index (χ0) is 35.8. The maximum atomic E-state index is 16.3. The summed E-state index contributed by atoms with van der Waals surface area (Å²) < 4.78 is 25.0. The van der Waals surface area contributed by atoms with Crippen molar-refractivity contribution in [2.75, 3.05) is 16.4 Å². The fourth-order valence-electron chi connectivity index (χ4n) is 8.13. The number of nitrogens with zero attached hydrogens (tertiary/aromatic N) is 5. The number of hydrogen-bond donors (Lipinski definition) is 1. The number of aliphatic hydroxyl groups is 1. The molecule has 11 heteroatoms. The molecular weight excluding hydrogens is 662 g/mol. The number of carbonyl (C=O) groups excluding carboxylic acids is 2. The molecule has 1 spiro atoms. The molecule has 0 bridgehead atoms. The molecule has 0 radical (unpaired) electrons. The van der Waals surface area contributed by atoms with Crippen molar-refractivity contribution in [3.8, 4) is 0 Å². The summed E-state index contributed by atoms with van der Waals surface area (Å²) in [6.45, 7) is 5.97. The van der Waals surface area contributed by atoms with Gasteiger partial charge in [-0.1, -0.05) is 91.0 Å². The van der Waals surface area contributed by atoms with Crippen LogP contribution in [0.2, 0.25) is 18.6 Å².